The van der Waals surface area contributed by atoms with Gasteiger partial charge in [-0.2, -0.15) is 13.1 Å². The van der Waals surface area contributed by atoms with Crippen molar-refractivity contribution in [2.75, 3.05) is 17.8 Å². The molecule has 1 saturated heterocycles. The molecule has 1 aromatic rings. The van der Waals surface area contributed by atoms with Gasteiger partial charge in [0.05, 0.1) is 5.69 Å². The highest BCUT2D eigenvalue weighted by atomic mass is 32.2. The normalized spacial score (nSPS) is 19.2. The van der Waals surface area contributed by atoms with Crippen LogP contribution in [0.25, 0.3) is 0 Å². The van der Waals surface area contributed by atoms with Crippen LogP contribution in [-0.4, -0.2) is 38.4 Å². The number of benzene rings is 1. The largest absolute Gasteiger partial charge is 0.339 e. The van der Waals surface area contributed by atoms with E-state index in [-0.39, 0.29) is 11.9 Å². The van der Waals surface area contributed by atoms with Crippen LogP contribution in [0.5, 0.6) is 0 Å². The predicted molar refractivity (Wildman–Crippen MR) is 89.5 cm³/mol. The summed E-state index contributed by atoms with van der Waals surface area (Å²) < 4.78 is 29.5. The van der Waals surface area contributed by atoms with E-state index < -0.39 is 10.2 Å². The highest BCUT2D eigenvalue weighted by molar-refractivity contribution is 7.90. The maximum Gasteiger partial charge on any atom is 0.299 e. The minimum Gasteiger partial charge on any atom is -0.339 e. The van der Waals surface area contributed by atoms with Crippen LogP contribution >= 0.6 is 0 Å². The van der Waals surface area contributed by atoms with E-state index >= 15 is 0 Å². The Hall–Kier alpha value is -1.60. The van der Waals surface area contributed by atoms with E-state index in [4.69, 9.17) is 0 Å². The quantitative estimate of drug-likeness (QED) is 0.864. The summed E-state index contributed by atoms with van der Waals surface area (Å²) in [6, 6.07) is 6.71. The lowest BCUT2D eigenvalue weighted by atomic mass is 10.2. The molecule has 1 aliphatic heterocycles. The Morgan fingerprint density at radius 2 is 1.78 bits per heavy atom. The minimum atomic E-state index is -3.60. The van der Waals surface area contributed by atoms with Crippen molar-refractivity contribution in [3.05, 3.63) is 29.8 Å². The SMILES string of the molecule is O=C(c1cccc(NS(=O)(=O)NC2CCCC2)c1)N1CCCC1. The van der Waals surface area contributed by atoms with Crippen LogP contribution in [0.3, 0.4) is 0 Å². The molecule has 3 rings (SSSR count). The average molecular weight is 337 g/mol. The first-order chi connectivity index (χ1) is 11.0. The fourth-order valence-corrected chi connectivity index (χ4v) is 4.44. The molecule has 0 spiro atoms. The van der Waals surface area contributed by atoms with E-state index in [1.54, 1.807) is 24.3 Å². The molecule has 0 atom stereocenters. The van der Waals surface area contributed by atoms with Crippen molar-refractivity contribution in [3.63, 3.8) is 0 Å². The molecule has 0 aromatic heterocycles. The van der Waals surface area contributed by atoms with E-state index in [1.807, 2.05) is 4.90 Å². The monoisotopic (exact) mass is 337 g/mol. The molecule has 126 valence electrons. The van der Waals surface area contributed by atoms with Crippen LogP contribution in [0.15, 0.2) is 24.3 Å². The van der Waals surface area contributed by atoms with Gasteiger partial charge in [-0.05, 0) is 43.9 Å². The molecule has 1 saturated carbocycles. The van der Waals surface area contributed by atoms with Gasteiger partial charge >= 0.3 is 0 Å². The highest BCUT2D eigenvalue weighted by Crippen LogP contribution is 2.20. The smallest absolute Gasteiger partial charge is 0.299 e. The van der Waals surface area contributed by atoms with Crippen LogP contribution < -0.4 is 9.44 Å². The second-order valence-electron chi connectivity index (χ2n) is 6.28. The zero-order chi connectivity index (χ0) is 16.3. The third-order valence-corrected chi connectivity index (χ3v) is 5.58. The number of hydrogen-bond acceptors (Lipinski definition) is 3. The van der Waals surface area contributed by atoms with E-state index in [9.17, 15) is 13.2 Å². The third-order valence-electron chi connectivity index (χ3n) is 4.43. The molecule has 1 aromatic carbocycles. The van der Waals surface area contributed by atoms with Gasteiger partial charge < -0.3 is 4.90 Å². The third kappa shape index (κ3) is 4.23. The van der Waals surface area contributed by atoms with Gasteiger partial charge in [0.15, 0.2) is 0 Å². The van der Waals surface area contributed by atoms with Gasteiger partial charge in [-0.3, -0.25) is 9.52 Å². The van der Waals surface area contributed by atoms with Crippen LogP contribution in [0.4, 0.5) is 5.69 Å². The van der Waals surface area contributed by atoms with Crippen molar-refractivity contribution < 1.29 is 13.2 Å². The van der Waals surface area contributed by atoms with Gasteiger partial charge in [-0.25, -0.2) is 0 Å². The molecule has 0 radical (unpaired) electrons. The molecular weight excluding hydrogens is 314 g/mol. The number of nitrogens with zero attached hydrogens (tertiary/aromatic N) is 1. The van der Waals surface area contributed by atoms with Gasteiger partial charge in [-0.15, -0.1) is 0 Å². The van der Waals surface area contributed by atoms with Crippen molar-refractivity contribution in [1.82, 2.24) is 9.62 Å². The Bertz CT molecular complexity index is 663. The summed E-state index contributed by atoms with van der Waals surface area (Å²) in [5, 5.41) is 0. The molecule has 23 heavy (non-hydrogen) atoms. The molecule has 2 fully saturated rings. The van der Waals surface area contributed by atoms with Crippen molar-refractivity contribution in [2.45, 2.75) is 44.6 Å². The molecule has 7 heteroatoms. The summed E-state index contributed by atoms with van der Waals surface area (Å²) >= 11 is 0. The summed E-state index contributed by atoms with van der Waals surface area (Å²) in [6.45, 7) is 1.55. The summed E-state index contributed by atoms with van der Waals surface area (Å²) in [4.78, 5) is 14.2. The molecular formula is C16H23N3O3S. The molecule has 1 aliphatic carbocycles. The minimum absolute atomic E-state index is 0.0157. The Balaban J connectivity index is 1.68. The summed E-state index contributed by atoms with van der Waals surface area (Å²) in [7, 11) is -3.60. The Kier molecular flexibility index (Phi) is 4.87. The lowest BCUT2D eigenvalue weighted by Gasteiger charge is -2.17. The second-order valence-corrected chi connectivity index (χ2v) is 7.73. The van der Waals surface area contributed by atoms with Crippen molar-refractivity contribution in [3.8, 4) is 0 Å². The summed E-state index contributed by atoms with van der Waals surface area (Å²) in [5.74, 6) is -0.0349. The Morgan fingerprint density at radius 1 is 1.09 bits per heavy atom. The maximum atomic E-state index is 12.4. The number of carbonyl (C=O) groups is 1. The maximum absolute atomic E-state index is 12.4. The van der Waals surface area contributed by atoms with Crippen molar-refractivity contribution in [1.29, 1.82) is 0 Å². The molecule has 2 aliphatic rings. The first kappa shape index (κ1) is 16.3. The lowest BCUT2D eigenvalue weighted by Crippen LogP contribution is -2.37. The molecule has 6 nitrogen and oxygen atoms in total. The number of rotatable bonds is 5. The second kappa shape index (κ2) is 6.88. The highest BCUT2D eigenvalue weighted by Gasteiger charge is 2.22. The van der Waals surface area contributed by atoms with Crippen LogP contribution in [0, 0.1) is 0 Å². The lowest BCUT2D eigenvalue weighted by molar-refractivity contribution is 0.0793. The van der Waals surface area contributed by atoms with Gasteiger partial charge in [0.2, 0.25) is 0 Å². The van der Waals surface area contributed by atoms with E-state index in [0.717, 1.165) is 51.6 Å². The van der Waals surface area contributed by atoms with Gasteiger partial charge in [0.1, 0.15) is 0 Å². The number of likely N-dealkylation sites (tertiary alicyclic amines) is 1. The van der Waals surface area contributed by atoms with E-state index in [1.165, 1.54) is 0 Å². The zero-order valence-corrected chi connectivity index (χ0v) is 13.9. The Morgan fingerprint density at radius 3 is 2.48 bits per heavy atom. The number of carbonyl (C=O) groups excluding carboxylic acids is 1. The molecule has 1 amide bonds. The number of hydrogen-bond donors (Lipinski definition) is 2. The molecule has 0 unspecified atom stereocenters. The summed E-state index contributed by atoms with van der Waals surface area (Å²) in [6.07, 6.45) is 5.95. The summed E-state index contributed by atoms with van der Waals surface area (Å²) in [5.41, 5.74) is 0.938. The number of amides is 1. The molecule has 0 bridgehead atoms. The van der Waals surface area contributed by atoms with Gasteiger partial charge in [0, 0.05) is 24.7 Å². The van der Waals surface area contributed by atoms with E-state index in [2.05, 4.69) is 9.44 Å². The fourth-order valence-electron chi connectivity index (χ4n) is 3.27. The standard InChI is InChI=1S/C16H23N3O3S/c20-16(19-10-3-4-11-19)13-6-5-9-15(12-13)18-23(21,22)17-14-7-1-2-8-14/h5-6,9,12,14,17-18H,1-4,7-8,10-11H2. The topological polar surface area (TPSA) is 78.5 Å². The fraction of sp³-hybridized carbons (Fsp3) is 0.562. The molecule has 1 heterocycles. The van der Waals surface area contributed by atoms with E-state index in [0.29, 0.717) is 11.3 Å². The van der Waals surface area contributed by atoms with Crippen molar-refractivity contribution >= 4 is 21.8 Å². The Labute approximate surface area is 137 Å². The first-order valence-corrected chi connectivity index (χ1v) is 9.71. The number of anilines is 1. The van der Waals surface area contributed by atoms with Crippen LogP contribution in [0.2, 0.25) is 0 Å². The zero-order valence-electron chi connectivity index (χ0n) is 13.1. The molecule has 2 N–H and O–H groups in total. The van der Waals surface area contributed by atoms with Crippen LogP contribution in [0.1, 0.15) is 48.9 Å². The van der Waals surface area contributed by atoms with Gasteiger partial charge in [0.25, 0.3) is 16.1 Å². The first-order valence-electron chi connectivity index (χ1n) is 8.23. The van der Waals surface area contributed by atoms with Crippen LogP contribution in [-0.2, 0) is 10.2 Å². The average Bonchev–Trinajstić information content (AvgIpc) is 3.18. The van der Waals surface area contributed by atoms with Gasteiger partial charge in [-0.1, -0.05) is 18.9 Å². The van der Waals surface area contributed by atoms with Crippen molar-refractivity contribution in [2.24, 2.45) is 0 Å². The number of nitrogens with one attached hydrogen (secondary N) is 2. The predicted octanol–water partition coefficient (Wildman–Crippen LogP) is 2.11.